The zero-order valence-corrected chi connectivity index (χ0v) is 9.63. The molecule has 0 spiro atoms. The summed E-state index contributed by atoms with van der Waals surface area (Å²) < 4.78 is 5.53. The first-order valence-corrected chi connectivity index (χ1v) is 5.63. The van der Waals surface area contributed by atoms with Crippen molar-refractivity contribution in [1.29, 1.82) is 5.26 Å². The third kappa shape index (κ3) is 1.86. The quantitative estimate of drug-likeness (QED) is 0.851. The van der Waals surface area contributed by atoms with Gasteiger partial charge in [0.25, 0.3) is 0 Å². The molecule has 0 aliphatic carbocycles. The van der Waals surface area contributed by atoms with E-state index in [1.807, 2.05) is 12.3 Å². The number of rotatable bonds is 2. The number of fused-ring (bicyclic) bond motifs is 1. The van der Waals surface area contributed by atoms with Gasteiger partial charge in [-0.3, -0.25) is 0 Å². The minimum atomic E-state index is 0.395. The number of imidazole rings is 1. The summed E-state index contributed by atoms with van der Waals surface area (Å²) in [4.78, 5) is 13.5. The Morgan fingerprint density at radius 1 is 1.50 bits per heavy atom. The van der Waals surface area contributed by atoms with Gasteiger partial charge in [0.2, 0.25) is 0 Å². The van der Waals surface area contributed by atoms with Crippen LogP contribution in [-0.2, 0) is 6.54 Å². The molecule has 1 N–H and O–H groups in total. The van der Waals surface area contributed by atoms with Gasteiger partial charge < -0.3 is 14.6 Å². The standard InChI is InChI=1S/C12H11N5O/c13-5-9-1-2-11-12(16-9)17(3-4-18-11)7-10-6-14-8-15-10/h1-2,6,8H,3-4,7H2,(H,14,15). The smallest absolute Gasteiger partial charge is 0.173 e. The second kappa shape index (κ2) is 4.37. The number of aromatic amines is 1. The highest BCUT2D eigenvalue weighted by atomic mass is 16.5. The highest BCUT2D eigenvalue weighted by Crippen LogP contribution is 2.30. The number of pyridine rings is 1. The molecule has 3 heterocycles. The number of aromatic nitrogens is 3. The predicted octanol–water partition coefficient (Wildman–Crippen LogP) is 1.08. The highest BCUT2D eigenvalue weighted by Gasteiger charge is 2.20. The number of H-pyrrole nitrogens is 1. The Labute approximate surface area is 104 Å². The van der Waals surface area contributed by atoms with E-state index in [4.69, 9.17) is 10.00 Å². The molecule has 6 nitrogen and oxygen atoms in total. The predicted molar refractivity (Wildman–Crippen MR) is 64.1 cm³/mol. The van der Waals surface area contributed by atoms with Gasteiger partial charge in [-0.05, 0) is 12.1 Å². The van der Waals surface area contributed by atoms with Crippen LogP contribution in [0, 0.1) is 11.3 Å². The first-order valence-electron chi connectivity index (χ1n) is 5.63. The maximum Gasteiger partial charge on any atom is 0.173 e. The molecule has 2 aromatic heterocycles. The molecule has 0 saturated carbocycles. The fourth-order valence-electron chi connectivity index (χ4n) is 1.94. The van der Waals surface area contributed by atoms with Gasteiger partial charge in [-0.1, -0.05) is 0 Å². The Kier molecular flexibility index (Phi) is 2.57. The second-order valence-corrected chi connectivity index (χ2v) is 3.96. The van der Waals surface area contributed by atoms with Crippen molar-refractivity contribution in [2.45, 2.75) is 6.54 Å². The molecule has 0 unspecified atom stereocenters. The van der Waals surface area contributed by atoms with Crippen LogP contribution >= 0.6 is 0 Å². The molecular formula is C12H11N5O. The van der Waals surface area contributed by atoms with Gasteiger partial charge in [0, 0.05) is 6.20 Å². The van der Waals surface area contributed by atoms with Gasteiger partial charge in [0.1, 0.15) is 18.4 Å². The van der Waals surface area contributed by atoms with Crippen LogP contribution in [0.2, 0.25) is 0 Å². The third-order valence-corrected chi connectivity index (χ3v) is 2.78. The summed E-state index contributed by atoms with van der Waals surface area (Å²) >= 11 is 0. The number of ether oxygens (including phenoxy) is 1. The van der Waals surface area contributed by atoms with E-state index in [1.165, 1.54) is 0 Å². The maximum absolute atomic E-state index is 8.89. The molecule has 3 rings (SSSR count). The van der Waals surface area contributed by atoms with Gasteiger partial charge in [0.05, 0.1) is 25.1 Å². The van der Waals surface area contributed by atoms with Gasteiger partial charge in [-0.15, -0.1) is 0 Å². The van der Waals surface area contributed by atoms with E-state index in [0.29, 0.717) is 24.7 Å². The molecule has 18 heavy (non-hydrogen) atoms. The molecule has 0 saturated heterocycles. The van der Waals surface area contributed by atoms with E-state index in [2.05, 4.69) is 19.9 Å². The van der Waals surface area contributed by atoms with Crippen LogP contribution < -0.4 is 9.64 Å². The maximum atomic E-state index is 8.89. The molecule has 1 aliphatic heterocycles. The topological polar surface area (TPSA) is 77.8 Å². The Morgan fingerprint density at radius 2 is 2.44 bits per heavy atom. The number of nitriles is 1. The average molecular weight is 241 g/mol. The van der Waals surface area contributed by atoms with Crippen molar-refractivity contribution in [2.75, 3.05) is 18.1 Å². The van der Waals surface area contributed by atoms with Gasteiger partial charge in [-0.25, -0.2) is 9.97 Å². The molecule has 0 aromatic carbocycles. The summed E-state index contributed by atoms with van der Waals surface area (Å²) in [5, 5.41) is 8.89. The molecule has 90 valence electrons. The molecule has 0 amide bonds. The lowest BCUT2D eigenvalue weighted by atomic mass is 10.3. The average Bonchev–Trinajstić information content (AvgIpc) is 2.91. The molecular weight excluding hydrogens is 230 g/mol. The van der Waals surface area contributed by atoms with E-state index in [1.54, 1.807) is 18.5 Å². The van der Waals surface area contributed by atoms with Crippen LogP contribution in [0.3, 0.4) is 0 Å². The number of nitrogens with zero attached hydrogens (tertiary/aromatic N) is 4. The van der Waals surface area contributed by atoms with E-state index in [-0.39, 0.29) is 0 Å². The molecule has 0 fully saturated rings. The molecule has 6 heteroatoms. The van der Waals surface area contributed by atoms with Crippen molar-refractivity contribution >= 4 is 5.82 Å². The number of nitrogens with one attached hydrogen (secondary N) is 1. The van der Waals surface area contributed by atoms with Gasteiger partial charge >= 0.3 is 0 Å². The lowest BCUT2D eigenvalue weighted by Gasteiger charge is -2.29. The number of hydrogen-bond donors (Lipinski definition) is 1. The van der Waals surface area contributed by atoms with Crippen LogP contribution in [0.25, 0.3) is 0 Å². The first-order chi connectivity index (χ1) is 8.86. The fourth-order valence-corrected chi connectivity index (χ4v) is 1.94. The summed E-state index contributed by atoms with van der Waals surface area (Å²) in [6.45, 7) is 2.01. The minimum absolute atomic E-state index is 0.395. The molecule has 0 radical (unpaired) electrons. The molecule has 2 aromatic rings. The van der Waals surface area contributed by atoms with Crippen LogP contribution in [0.5, 0.6) is 5.75 Å². The van der Waals surface area contributed by atoms with E-state index >= 15 is 0 Å². The van der Waals surface area contributed by atoms with Crippen LogP contribution in [0.4, 0.5) is 5.82 Å². The molecule has 1 aliphatic rings. The van der Waals surface area contributed by atoms with Crippen molar-refractivity contribution in [1.82, 2.24) is 15.0 Å². The van der Waals surface area contributed by atoms with Gasteiger partial charge in [0.15, 0.2) is 11.6 Å². The zero-order chi connectivity index (χ0) is 12.4. The van der Waals surface area contributed by atoms with Crippen LogP contribution in [0.1, 0.15) is 11.4 Å². The Hall–Kier alpha value is -2.55. The van der Waals surface area contributed by atoms with Crippen LogP contribution in [-0.4, -0.2) is 28.1 Å². The summed E-state index contributed by atoms with van der Waals surface area (Å²) in [5.41, 5.74) is 1.33. The van der Waals surface area contributed by atoms with Crippen LogP contribution in [0.15, 0.2) is 24.7 Å². The van der Waals surface area contributed by atoms with E-state index < -0.39 is 0 Å². The summed E-state index contributed by atoms with van der Waals surface area (Å²) in [6, 6.07) is 5.49. The monoisotopic (exact) mass is 241 g/mol. The number of hydrogen-bond acceptors (Lipinski definition) is 5. The van der Waals surface area contributed by atoms with Crippen molar-refractivity contribution in [3.63, 3.8) is 0 Å². The minimum Gasteiger partial charge on any atom is -0.488 e. The normalized spacial score (nSPS) is 13.6. The van der Waals surface area contributed by atoms with Crippen molar-refractivity contribution in [3.05, 3.63) is 36.0 Å². The Balaban J connectivity index is 1.93. The lowest BCUT2D eigenvalue weighted by Crippen LogP contribution is -2.33. The second-order valence-electron chi connectivity index (χ2n) is 3.96. The van der Waals surface area contributed by atoms with Gasteiger partial charge in [-0.2, -0.15) is 5.26 Å². The largest absolute Gasteiger partial charge is 0.488 e. The van der Waals surface area contributed by atoms with Crippen molar-refractivity contribution in [2.24, 2.45) is 0 Å². The number of anilines is 1. The summed E-state index contributed by atoms with van der Waals surface area (Å²) in [6.07, 6.45) is 3.50. The Bertz CT molecular complexity index is 587. The first kappa shape index (κ1) is 10.6. The van der Waals surface area contributed by atoms with E-state index in [9.17, 15) is 0 Å². The van der Waals surface area contributed by atoms with Crippen molar-refractivity contribution < 1.29 is 4.74 Å². The lowest BCUT2D eigenvalue weighted by molar-refractivity contribution is 0.304. The zero-order valence-electron chi connectivity index (χ0n) is 9.63. The van der Waals surface area contributed by atoms with E-state index in [0.717, 1.165) is 18.0 Å². The van der Waals surface area contributed by atoms with Crippen molar-refractivity contribution in [3.8, 4) is 11.8 Å². The third-order valence-electron chi connectivity index (χ3n) is 2.78. The molecule has 0 bridgehead atoms. The SMILES string of the molecule is N#Cc1ccc2c(n1)N(Cc1c[nH]cn1)CCO2. The molecule has 0 atom stereocenters. The summed E-state index contributed by atoms with van der Waals surface area (Å²) in [5.74, 6) is 1.43. The summed E-state index contributed by atoms with van der Waals surface area (Å²) in [7, 11) is 0. The fraction of sp³-hybridized carbons (Fsp3) is 0.250. The highest BCUT2D eigenvalue weighted by molar-refractivity contribution is 5.55. The Morgan fingerprint density at radius 3 is 3.22 bits per heavy atom.